The van der Waals surface area contributed by atoms with Gasteiger partial charge in [0.05, 0.1) is 0 Å². The standard InChI is InChI=1S/C22H29ClN2O2/c1-6-25(7-2)19-10-8-18(9-11-19)14-24-22(26)17(5)27-20-12-15(3)21(23)16(4)13-20/h8-13,17H,6-7,14H2,1-5H3,(H,24,26)/t17-/m1/s1. The molecular weight excluding hydrogens is 360 g/mol. The van der Waals surface area contributed by atoms with E-state index < -0.39 is 6.10 Å². The van der Waals surface area contributed by atoms with Gasteiger partial charge in [-0.3, -0.25) is 4.79 Å². The lowest BCUT2D eigenvalue weighted by molar-refractivity contribution is -0.127. The van der Waals surface area contributed by atoms with Gasteiger partial charge in [0.15, 0.2) is 6.10 Å². The molecule has 0 aromatic heterocycles. The summed E-state index contributed by atoms with van der Waals surface area (Å²) in [5.41, 5.74) is 4.13. The van der Waals surface area contributed by atoms with Crippen molar-refractivity contribution in [3.63, 3.8) is 0 Å². The van der Waals surface area contributed by atoms with Gasteiger partial charge < -0.3 is 15.0 Å². The molecule has 0 saturated heterocycles. The summed E-state index contributed by atoms with van der Waals surface area (Å²) in [6.07, 6.45) is -0.583. The Bertz CT molecular complexity index is 747. The fourth-order valence-electron chi connectivity index (χ4n) is 2.98. The molecule has 5 heteroatoms. The van der Waals surface area contributed by atoms with Crippen LogP contribution in [0.15, 0.2) is 36.4 Å². The van der Waals surface area contributed by atoms with E-state index in [1.807, 2.05) is 38.1 Å². The number of aryl methyl sites for hydroxylation is 2. The first-order valence-electron chi connectivity index (χ1n) is 9.40. The van der Waals surface area contributed by atoms with E-state index in [0.29, 0.717) is 12.3 Å². The molecular formula is C22H29ClN2O2. The summed E-state index contributed by atoms with van der Waals surface area (Å²) in [6.45, 7) is 12.3. The van der Waals surface area contributed by atoms with Gasteiger partial charge in [-0.15, -0.1) is 0 Å². The van der Waals surface area contributed by atoms with Crippen LogP contribution in [0, 0.1) is 13.8 Å². The molecule has 1 N–H and O–H groups in total. The van der Waals surface area contributed by atoms with E-state index in [1.54, 1.807) is 6.92 Å². The molecule has 0 radical (unpaired) electrons. The summed E-state index contributed by atoms with van der Waals surface area (Å²) >= 11 is 6.18. The summed E-state index contributed by atoms with van der Waals surface area (Å²) in [4.78, 5) is 14.6. The molecule has 2 rings (SSSR count). The Labute approximate surface area is 167 Å². The topological polar surface area (TPSA) is 41.6 Å². The largest absolute Gasteiger partial charge is 0.481 e. The van der Waals surface area contributed by atoms with E-state index in [2.05, 4.69) is 36.2 Å². The molecule has 2 aromatic rings. The van der Waals surface area contributed by atoms with E-state index in [0.717, 1.165) is 34.8 Å². The van der Waals surface area contributed by atoms with Gasteiger partial charge in [0, 0.05) is 30.3 Å². The molecule has 0 bridgehead atoms. The van der Waals surface area contributed by atoms with Crippen molar-refractivity contribution in [1.82, 2.24) is 5.32 Å². The van der Waals surface area contributed by atoms with Crippen molar-refractivity contribution in [2.24, 2.45) is 0 Å². The monoisotopic (exact) mass is 388 g/mol. The van der Waals surface area contributed by atoms with Crippen LogP contribution in [0.4, 0.5) is 5.69 Å². The Morgan fingerprint density at radius 3 is 2.19 bits per heavy atom. The first-order valence-corrected chi connectivity index (χ1v) is 9.78. The van der Waals surface area contributed by atoms with Crippen LogP contribution in [0.5, 0.6) is 5.75 Å². The van der Waals surface area contributed by atoms with E-state index in [4.69, 9.17) is 16.3 Å². The fraction of sp³-hybridized carbons (Fsp3) is 0.409. The number of amides is 1. The van der Waals surface area contributed by atoms with Gasteiger partial charge in [-0.25, -0.2) is 0 Å². The van der Waals surface area contributed by atoms with Crippen molar-refractivity contribution < 1.29 is 9.53 Å². The lowest BCUT2D eigenvalue weighted by Gasteiger charge is -2.21. The maximum absolute atomic E-state index is 12.4. The fourth-order valence-corrected chi connectivity index (χ4v) is 3.09. The van der Waals surface area contributed by atoms with Gasteiger partial charge in [-0.2, -0.15) is 0 Å². The number of hydrogen-bond donors (Lipinski definition) is 1. The Morgan fingerprint density at radius 1 is 1.11 bits per heavy atom. The molecule has 0 aliphatic heterocycles. The van der Waals surface area contributed by atoms with Crippen LogP contribution < -0.4 is 15.0 Å². The molecule has 0 fully saturated rings. The number of anilines is 1. The van der Waals surface area contributed by atoms with Crippen LogP contribution in [-0.2, 0) is 11.3 Å². The lowest BCUT2D eigenvalue weighted by atomic mass is 10.1. The van der Waals surface area contributed by atoms with Crippen LogP contribution in [0.1, 0.15) is 37.5 Å². The van der Waals surface area contributed by atoms with Crippen molar-refractivity contribution in [1.29, 1.82) is 0 Å². The van der Waals surface area contributed by atoms with Crippen LogP contribution in [0.25, 0.3) is 0 Å². The molecule has 1 amide bonds. The highest BCUT2D eigenvalue weighted by molar-refractivity contribution is 6.32. The molecule has 2 aromatic carbocycles. The molecule has 0 heterocycles. The third-order valence-corrected chi connectivity index (χ3v) is 5.22. The van der Waals surface area contributed by atoms with E-state index in [-0.39, 0.29) is 5.91 Å². The maximum Gasteiger partial charge on any atom is 0.261 e. The number of hydrogen-bond acceptors (Lipinski definition) is 3. The van der Waals surface area contributed by atoms with Gasteiger partial charge in [0.25, 0.3) is 5.91 Å². The second-order valence-corrected chi connectivity index (χ2v) is 7.07. The van der Waals surface area contributed by atoms with E-state index in [9.17, 15) is 4.79 Å². The van der Waals surface area contributed by atoms with E-state index in [1.165, 1.54) is 5.69 Å². The van der Waals surface area contributed by atoms with Crippen LogP contribution in [-0.4, -0.2) is 25.1 Å². The van der Waals surface area contributed by atoms with Gasteiger partial charge in [-0.05, 0) is 75.6 Å². The summed E-state index contributed by atoms with van der Waals surface area (Å²) in [5.74, 6) is 0.508. The van der Waals surface area contributed by atoms with Gasteiger partial charge in [0.2, 0.25) is 0 Å². The number of benzene rings is 2. The molecule has 146 valence electrons. The summed E-state index contributed by atoms with van der Waals surface area (Å²) < 4.78 is 5.78. The molecule has 1 atom stereocenters. The molecule has 0 unspecified atom stereocenters. The zero-order chi connectivity index (χ0) is 20.0. The number of halogens is 1. The Hall–Kier alpha value is -2.20. The predicted molar refractivity (Wildman–Crippen MR) is 113 cm³/mol. The van der Waals surface area contributed by atoms with Gasteiger partial charge in [-0.1, -0.05) is 23.7 Å². The van der Waals surface area contributed by atoms with E-state index >= 15 is 0 Å². The van der Waals surface area contributed by atoms with Gasteiger partial charge in [0.1, 0.15) is 5.75 Å². The Balaban J connectivity index is 1.91. The SMILES string of the molecule is CCN(CC)c1ccc(CNC(=O)[C@@H](C)Oc2cc(C)c(Cl)c(C)c2)cc1. The molecule has 0 aliphatic carbocycles. The molecule has 0 saturated carbocycles. The normalized spacial score (nSPS) is 11.8. The highest BCUT2D eigenvalue weighted by Gasteiger charge is 2.15. The third kappa shape index (κ3) is 5.64. The maximum atomic E-state index is 12.4. The summed E-state index contributed by atoms with van der Waals surface area (Å²) in [5, 5.41) is 3.66. The minimum Gasteiger partial charge on any atom is -0.481 e. The Kier molecular flexibility index (Phi) is 7.55. The first kappa shape index (κ1) is 21.1. The average molecular weight is 389 g/mol. The smallest absolute Gasteiger partial charge is 0.261 e. The number of nitrogens with zero attached hydrogens (tertiary/aromatic N) is 1. The second kappa shape index (κ2) is 9.65. The number of carbonyl (C=O) groups excluding carboxylic acids is 1. The quantitative estimate of drug-likeness (QED) is 0.700. The van der Waals surface area contributed by atoms with Crippen molar-refractivity contribution in [3.8, 4) is 5.75 Å². The van der Waals surface area contributed by atoms with Crippen LogP contribution in [0.2, 0.25) is 5.02 Å². The van der Waals surface area contributed by atoms with Gasteiger partial charge >= 0.3 is 0 Å². The Morgan fingerprint density at radius 2 is 1.67 bits per heavy atom. The minimum absolute atomic E-state index is 0.145. The number of carbonyl (C=O) groups is 1. The number of ether oxygens (including phenoxy) is 1. The van der Waals surface area contributed by atoms with Crippen molar-refractivity contribution in [2.45, 2.75) is 47.3 Å². The molecule has 0 aliphatic rings. The highest BCUT2D eigenvalue weighted by atomic mass is 35.5. The lowest BCUT2D eigenvalue weighted by Crippen LogP contribution is -2.35. The zero-order valence-electron chi connectivity index (χ0n) is 16.8. The molecule has 27 heavy (non-hydrogen) atoms. The number of nitrogens with one attached hydrogen (secondary N) is 1. The van der Waals surface area contributed by atoms with Crippen molar-refractivity contribution >= 4 is 23.2 Å². The zero-order valence-corrected chi connectivity index (χ0v) is 17.6. The van der Waals surface area contributed by atoms with Crippen molar-refractivity contribution in [2.75, 3.05) is 18.0 Å². The second-order valence-electron chi connectivity index (χ2n) is 6.69. The summed E-state index contributed by atoms with van der Waals surface area (Å²) in [6, 6.07) is 12.0. The minimum atomic E-state index is -0.583. The third-order valence-electron chi connectivity index (χ3n) is 4.62. The predicted octanol–water partition coefficient (Wildman–Crippen LogP) is 4.89. The molecule has 0 spiro atoms. The summed E-state index contributed by atoms with van der Waals surface area (Å²) in [7, 11) is 0. The first-order chi connectivity index (χ1) is 12.8. The molecule has 4 nitrogen and oxygen atoms in total. The van der Waals surface area contributed by atoms with Crippen LogP contribution >= 0.6 is 11.6 Å². The van der Waals surface area contributed by atoms with Crippen LogP contribution in [0.3, 0.4) is 0 Å². The highest BCUT2D eigenvalue weighted by Crippen LogP contribution is 2.26. The number of rotatable bonds is 8. The average Bonchev–Trinajstić information content (AvgIpc) is 2.66. The van der Waals surface area contributed by atoms with Crippen molar-refractivity contribution in [3.05, 3.63) is 58.1 Å².